The Kier molecular flexibility index (Phi) is 5.24. The molecule has 2 atom stereocenters. The van der Waals surface area contributed by atoms with Crippen molar-refractivity contribution in [2.24, 2.45) is 0 Å². The van der Waals surface area contributed by atoms with E-state index >= 15 is 0 Å². The molecule has 0 aliphatic carbocycles. The fourth-order valence-electron chi connectivity index (χ4n) is 2.66. The second-order valence-electron chi connectivity index (χ2n) is 5.82. The predicted octanol–water partition coefficient (Wildman–Crippen LogP) is 1.15. The van der Waals surface area contributed by atoms with E-state index in [9.17, 15) is 13.2 Å². The summed E-state index contributed by atoms with van der Waals surface area (Å²) >= 11 is 0. The van der Waals surface area contributed by atoms with Crippen LogP contribution in [-0.2, 0) is 21.1 Å². The first-order chi connectivity index (χ1) is 10.3. The molecule has 1 N–H and O–H groups in total. The summed E-state index contributed by atoms with van der Waals surface area (Å²) in [6.45, 7) is 5.43. The van der Waals surface area contributed by atoms with E-state index in [1.165, 1.54) is 12.5 Å². The molecule has 2 unspecified atom stereocenters. The fraction of sp³-hybridized carbons (Fsp3) is 0.562. The zero-order valence-electron chi connectivity index (χ0n) is 13.4. The molecule has 1 saturated heterocycles. The molecule has 0 radical (unpaired) electrons. The lowest BCUT2D eigenvalue weighted by atomic mass is 10.0. The number of benzene rings is 1. The summed E-state index contributed by atoms with van der Waals surface area (Å²) in [4.78, 5) is 14.3. The van der Waals surface area contributed by atoms with Crippen molar-refractivity contribution in [2.45, 2.75) is 31.6 Å². The van der Waals surface area contributed by atoms with Gasteiger partial charge in [-0.15, -0.1) is 0 Å². The Morgan fingerprint density at radius 2 is 2.00 bits per heavy atom. The van der Waals surface area contributed by atoms with Crippen LogP contribution in [0.4, 0.5) is 0 Å². The van der Waals surface area contributed by atoms with Crippen LogP contribution in [-0.4, -0.2) is 50.4 Å². The molecule has 1 aromatic rings. The van der Waals surface area contributed by atoms with Crippen LogP contribution in [0, 0.1) is 0 Å². The maximum atomic E-state index is 12.6. The van der Waals surface area contributed by atoms with Crippen molar-refractivity contribution in [3.8, 4) is 0 Å². The number of amides is 1. The Bertz CT molecular complexity index is 625. The summed E-state index contributed by atoms with van der Waals surface area (Å²) in [5, 5.41) is 2.28. The van der Waals surface area contributed by atoms with Crippen LogP contribution in [0.15, 0.2) is 24.3 Å². The first kappa shape index (κ1) is 17.0. The zero-order chi connectivity index (χ0) is 16.3. The maximum Gasteiger partial charge on any atom is 0.241 e. The van der Waals surface area contributed by atoms with E-state index in [1.54, 1.807) is 4.90 Å². The van der Waals surface area contributed by atoms with Crippen LogP contribution in [0.25, 0.3) is 0 Å². The van der Waals surface area contributed by atoms with Crippen LogP contribution in [0.5, 0.6) is 0 Å². The minimum atomic E-state index is -3.38. The SMILES string of the molecule is CCc1ccc(C2CNCCN2C(=O)C(C)S(C)(=O)=O)cc1. The molecule has 1 fully saturated rings. The first-order valence-corrected chi connectivity index (χ1v) is 9.59. The van der Waals surface area contributed by atoms with Crippen LogP contribution in [0.1, 0.15) is 31.0 Å². The van der Waals surface area contributed by atoms with Crippen molar-refractivity contribution in [2.75, 3.05) is 25.9 Å². The molecular weight excluding hydrogens is 300 g/mol. The van der Waals surface area contributed by atoms with E-state index in [2.05, 4.69) is 24.4 Å². The Hall–Kier alpha value is -1.40. The van der Waals surface area contributed by atoms with Gasteiger partial charge in [-0.25, -0.2) is 8.42 Å². The second-order valence-corrected chi connectivity index (χ2v) is 8.18. The van der Waals surface area contributed by atoms with Crippen molar-refractivity contribution < 1.29 is 13.2 Å². The minimum Gasteiger partial charge on any atom is -0.332 e. The molecule has 2 rings (SSSR count). The van der Waals surface area contributed by atoms with Crippen molar-refractivity contribution in [3.05, 3.63) is 35.4 Å². The highest BCUT2D eigenvalue weighted by atomic mass is 32.2. The number of carbonyl (C=O) groups is 1. The highest BCUT2D eigenvalue weighted by Crippen LogP contribution is 2.24. The molecule has 1 aliphatic heterocycles. The van der Waals surface area contributed by atoms with Gasteiger partial charge in [0.25, 0.3) is 0 Å². The van der Waals surface area contributed by atoms with Crippen molar-refractivity contribution in [3.63, 3.8) is 0 Å². The minimum absolute atomic E-state index is 0.114. The van der Waals surface area contributed by atoms with Crippen molar-refractivity contribution in [1.82, 2.24) is 10.2 Å². The van der Waals surface area contributed by atoms with Crippen LogP contribution >= 0.6 is 0 Å². The molecule has 0 spiro atoms. The molecule has 1 heterocycles. The summed E-state index contributed by atoms with van der Waals surface area (Å²) in [7, 11) is -3.38. The number of carbonyl (C=O) groups excluding carboxylic acids is 1. The van der Waals surface area contributed by atoms with Gasteiger partial charge in [0.05, 0.1) is 6.04 Å². The molecular formula is C16H24N2O3S. The third-order valence-electron chi connectivity index (χ3n) is 4.29. The molecule has 1 aromatic carbocycles. The number of piperazine rings is 1. The Labute approximate surface area is 132 Å². The van der Waals surface area contributed by atoms with Gasteiger partial charge in [0.2, 0.25) is 5.91 Å². The van der Waals surface area contributed by atoms with Gasteiger partial charge in [-0.3, -0.25) is 4.79 Å². The lowest BCUT2D eigenvalue weighted by molar-refractivity contribution is -0.133. The Balaban J connectivity index is 2.26. The third kappa shape index (κ3) is 3.67. The summed E-state index contributed by atoms with van der Waals surface area (Å²) < 4.78 is 23.4. The van der Waals surface area contributed by atoms with Gasteiger partial charge in [-0.1, -0.05) is 31.2 Å². The van der Waals surface area contributed by atoms with Gasteiger partial charge in [-0.2, -0.15) is 0 Å². The average molecular weight is 324 g/mol. The van der Waals surface area contributed by atoms with Gasteiger partial charge in [0, 0.05) is 25.9 Å². The normalized spacial score (nSPS) is 20.7. The molecule has 0 aromatic heterocycles. The maximum absolute atomic E-state index is 12.6. The summed E-state index contributed by atoms with van der Waals surface area (Å²) in [6.07, 6.45) is 2.08. The monoisotopic (exact) mass is 324 g/mol. The lowest BCUT2D eigenvalue weighted by Gasteiger charge is -2.37. The van der Waals surface area contributed by atoms with Gasteiger partial charge in [0.15, 0.2) is 9.84 Å². The Morgan fingerprint density at radius 3 is 2.55 bits per heavy atom. The zero-order valence-corrected chi connectivity index (χ0v) is 14.2. The molecule has 1 aliphatic rings. The van der Waals surface area contributed by atoms with Crippen molar-refractivity contribution in [1.29, 1.82) is 0 Å². The molecule has 0 saturated carbocycles. The number of nitrogens with one attached hydrogen (secondary N) is 1. The number of nitrogens with zero attached hydrogens (tertiary/aromatic N) is 1. The molecule has 6 heteroatoms. The molecule has 0 bridgehead atoms. The quantitative estimate of drug-likeness (QED) is 0.902. The second kappa shape index (κ2) is 6.79. The van der Waals surface area contributed by atoms with E-state index in [0.717, 1.165) is 18.2 Å². The number of hydrogen-bond donors (Lipinski definition) is 1. The summed E-state index contributed by atoms with van der Waals surface area (Å²) in [5.74, 6) is -0.312. The predicted molar refractivity (Wildman–Crippen MR) is 87.4 cm³/mol. The largest absolute Gasteiger partial charge is 0.332 e. The fourth-order valence-corrected chi connectivity index (χ4v) is 3.16. The van der Waals surface area contributed by atoms with E-state index in [-0.39, 0.29) is 11.9 Å². The van der Waals surface area contributed by atoms with Crippen LogP contribution in [0.2, 0.25) is 0 Å². The highest BCUT2D eigenvalue weighted by molar-refractivity contribution is 7.92. The standard InChI is InChI=1S/C16H24N2O3S/c1-4-13-5-7-14(8-6-13)15-11-17-9-10-18(15)16(19)12(2)22(3,20)21/h5-8,12,15,17H,4,9-11H2,1-3H3. The lowest BCUT2D eigenvalue weighted by Crippen LogP contribution is -2.52. The number of rotatable bonds is 4. The van der Waals surface area contributed by atoms with Gasteiger partial charge in [0.1, 0.15) is 5.25 Å². The smallest absolute Gasteiger partial charge is 0.241 e. The molecule has 1 amide bonds. The van der Waals surface area contributed by atoms with E-state index in [1.807, 2.05) is 12.1 Å². The highest BCUT2D eigenvalue weighted by Gasteiger charge is 2.34. The Morgan fingerprint density at radius 1 is 1.36 bits per heavy atom. The summed E-state index contributed by atoms with van der Waals surface area (Å²) in [5.41, 5.74) is 2.29. The van der Waals surface area contributed by atoms with Gasteiger partial charge in [-0.05, 0) is 24.5 Å². The van der Waals surface area contributed by atoms with Gasteiger partial charge >= 0.3 is 0 Å². The number of aryl methyl sites for hydroxylation is 1. The molecule has 122 valence electrons. The van der Waals surface area contributed by atoms with Crippen molar-refractivity contribution >= 4 is 15.7 Å². The summed E-state index contributed by atoms with van der Waals surface area (Å²) in [6, 6.07) is 8.07. The molecule has 5 nitrogen and oxygen atoms in total. The topological polar surface area (TPSA) is 66.5 Å². The van der Waals surface area contributed by atoms with Crippen LogP contribution < -0.4 is 5.32 Å². The van der Waals surface area contributed by atoms with E-state index in [0.29, 0.717) is 19.6 Å². The number of sulfone groups is 1. The number of hydrogen-bond acceptors (Lipinski definition) is 4. The average Bonchev–Trinajstić information content (AvgIpc) is 2.52. The first-order valence-electron chi connectivity index (χ1n) is 7.63. The molecule has 22 heavy (non-hydrogen) atoms. The third-order valence-corrected chi connectivity index (χ3v) is 5.78. The van der Waals surface area contributed by atoms with Crippen LogP contribution in [0.3, 0.4) is 0 Å². The van der Waals surface area contributed by atoms with E-state index < -0.39 is 15.1 Å². The van der Waals surface area contributed by atoms with E-state index in [4.69, 9.17) is 0 Å². The van der Waals surface area contributed by atoms with Gasteiger partial charge < -0.3 is 10.2 Å².